The highest BCUT2D eigenvalue weighted by Crippen LogP contribution is 2.22. The van der Waals surface area contributed by atoms with E-state index in [4.69, 9.17) is 21.7 Å². The second-order valence-corrected chi connectivity index (χ2v) is 10.1. The number of nitrogens with two attached hydrogens (primary N) is 2. The van der Waals surface area contributed by atoms with Gasteiger partial charge in [0.25, 0.3) is 0 Å². The van der Waals surface area contributed by atoms with E-state index in [0.29, 0.717) is 12.8 Å². The molecule has 0 unspecified atom stereocenters. The molecule has 4 rings (SSSR count). The van der Waals surface area contributed by atoms with Gasteiger partial charge in [0.2, 0.25) is 0 Å². The lowest BCUT2D eigenvalue weighted by atomic mass is 9.91. The number of hydrogen-bond acceptors (Lipinski definition) is 5. The third-order valence-corrected chi connectivity index (χ3v) is 6.91. The third-order valence-electron chi connectivity index (χ3n) is 6.91. The fourth-order valence-corrected chi connectivity index (χ4v) is 4.78. The Balaban J connectivity index is 0.000000195. The van der Waals surface area contributed by atoms with Crippen molar-refractivity contribution in [2.45, 2.75) is 101 Å². The van der Waals surface area contributed by atoms with Gasteiger partial charge in [0, 0.05) is 12.1 Å². The van der Waals surface area contributed by atoms with Crippen LogP contribution in [0.2, 0.25) is 0 Å². The van der Waals surface area contributed by atoms with Crippen LogP contribution in [0, 0.1) is 0 Å². The lowest BCUT2D eigenvalue weighted by Gasteiger charge is -2.30. The second kappa shape index (κ2) is 17.7. The number of carboxylic acid groups (broad SMARTS) is 2. The number of carbonyl (C=O) groups is 2. The topological polar surface area (TPSA) is 139 Å². The van der Waals surface area contributed by atoms with Gasteiger partial charge in [-0.2, -0.15) is 0 Å². The highest BCUT2D eigenvalue weighted by atomic mass is 16.4. The van der Waals surface area contributed by atoms with Crippen molar-refractivity contribution in [3.8, 4) is 0 Å². The number of aliphatic carboxylic acids is 2. The zero-order valence-electron chi connectivity index (χ0n) is 21.9. The molecule has 2 aromatic carbocycles. The van der Waals surface area contributed by atoms with E-state index in [1.807, 2.05) is 60.7 Å². The van der Waals surface area contributed by atoms with Crippen LogP contribution >= 0.6 is 0 Å². The average Bonchev–Trinajstić information content (AvgIpc) is 2.92. The normalized spacial score (nSPS) is 17.8. The van der Waals surface area contributed by atoms with Gasteiger partial charge in [0.1, 0.15) is 12.1 Å². The summed E-state index contributed by atoms with van der Waals surface area (Å²) in [5, 5.41) is 20.9. The predicted molar refractivity (Wildman–Crippen MR) is 148 cm³/mol. The summed E-state index contributed by atoms with van der Waals surface area (Å²) in [5.74, 6) is -1.92. The molecule has 0 amide bonds. The molecule has 0 bridgehead atoms. The quantitative estimate of drug-likeness (QED) is 0.351. The Hall–Kier alpha value is -2.74. The number of carboxylic acids is 2. The summed E-state index contributed by atoms with van der Waals surface area (Å²) < 4.78 is 0. The number of rotatable bonds is 8. The van der Waals surface area contributed by atoms with Gasteiger partial charge in [0.05, 0.1) is 0 Å². The molecule has 7 nitrogen and oxygen atoms in total. The summed E-state index contributed by atoms with van der Waals surface area (Å²) in [7, 11) is 0. The summed E-state index contributed by atoms with van der Waals surface area (Å²) in [4.78, 5) is 20.8. The maximum absolute atomic E-state index is 10.4. The minimum Gasteiger partial charge on any atom is -0.480 e. The first-order chi connectivity index (χ1) is 17.8. The molecular weight excluding hydrogens is 466 g/mol. The maximum atomic E-state index is 10.4. The summed E-state index contributed by atoms with van der Waals surface area (Å²) in [5.41, 5.74) is 12.6. The molecule has 204 valence electrons. The van der Waals surface area contributed by atoms with Gasteiger partial charge >= 0.3 is 11.9 Å². The second-order valence-electron chi connectivity index (χ2n) is 10.1. The summed E-state index contributed by atoms with van der Waals surface area (Å²) in [6.45, 7) is 0. The van der Waals surface area contributed by atoms with E-state index in [1.165, 1.54) is 64.2 Å². The van der Waals surface area contributed by atoms with E-state index in [9.17, 15) is 9.59 Å². The van der Waals surface area contributed by atoms with Gasteiger partial charge in [-0.1, -0.05) is 99.2 Å². The smallest absolute Gasteiger partial charge is 0.320 e. The van der Waals surface area contributed by atoms with Crippen LogP contribution in [0.3, 0.4) is 0 Å². The standard InChI is InChI=1S/C12H23N.2C9H11NO2/c1-3-7-11(8-4-1)13-12-9-5-2-6-10-12;2*10-8(9(11)12)6-7-4-2-1-3-5-7/h11-13H,1-10H2;2*1-5,8H,6,10H2,(H,11,12)/t;2*8-/m.00/s1. The molecule has 2 aliphatic carbocycles. The summed E-state index contributed by atoms with van der Waals surface area (Å²) in [6.07, 6.45) is 15.3. The lowest BCUT2D eigenvalue weighted by Crippen LogP contribution is -2.40. The van der Waals surface area contributed by atoms with Gasteiger partial charge in [0.15, 0.2) is 0 Å². The zero-order valence-corrected chi connectivity index (χ0v) is 21.9. The highest BCUT2D eigenvalue weighted by molar-refractivity contribution is 5.73. The lowest BCUT2D eigenvalue weighted by molar-refractivity contribution is -0.139. The number of nitrogens with one attached hydrogen (secondary N) is 1. The van der Waals surface area contributed by atoms with E-state index >= 15 is 0 Å². The molecular formula is C30H45N3O4. The minimum atomic E-state index is -0.959. The Morgan fingerprint density at radius 3 is 1.27 bits per heavy atom. The molecule has 0 aromatic heterocycles. The Morgan fingerprint density at radius 1 is 0.649 bits per heavy atom. The molecule has 2 aliphatic rings. The molecule has 2 aromatic rings. The van der Waals surface area contributed by atoms with Crippen molar-refractivity contribution in [3.05, 3.63) is 71.8 Å². The molecule has 7 heteroatoms. The van der Waals surface area contributed by atoms with Crippen LogP contribution in [0.1, 0.15) is 75.3 Å². The van der Waals surface area contributed by atoms with E-state index in [2.05, 4.69) is 5.32 Å². The maximum Gasteiger partial charge on any atom is 0.320 e. The van der Waals surface area contributed by atoms with Gasteiger partial charge < -0.3 is 27.0 Å². The fourth-order valence-electron chi connectivity index (χ4n) is 4.78. The largest absolute Gasteiger partial charge is 0.480 e. The van der Waals surface area contributed by atoms with Crippen LogP contribution in [0.15, 0.2) is 60.7 Å². The monoisotopic (exact) mass is 511 g/mol. The van der Waals surface area contributed by atoms with Crippen molar-refractivity contribution >= 4 is 11.9 Å². The molecule has 0 spiro atoms. The molecule has 2 fully saturated rings. The Kier molecular flexibility index (Phi) is 14.6. The van der Waals surface area contributed by atoms with Crippen molar-refractivity contribution in [3.63, 3.8) is 0 Å². The van der Waals surface area contributed by atoms with E-state index in [-0.39, 0.29) is 0 Å². The molecule has 37 heavy (non-hydrogen) atoms. The predicted octanol–water partition coefficient (Wildman–Crippen LogP) is 4.52. The minimum absolute atomic E-state index is 0.385. The van der Waals surface area contributed by atoms with Crippen LogP contribution in [-0.2, 0) is 22.4 Å². The van der Waals surface area contributed by atoms with Crippen LogP contribution < -0.4 is 16.8 Å². The van der Waals surface area contributed by atoms with Gasteiger partial charge in [-0.05, 0) is 49.7 Å². The third kappa shape index (κ3) is 13.4. The first kappa shape index (κ1) is 30.5. The molecule has 2 saturated carbocycles. The van der Waals surface area contributed by atoms with Crippen molar-refractivity contribution in [2.24, 2.45) is 11.5 Å². The van der Waals surface area contributed by atoms with Gasteiger partial charge in [-0.15, -0.1) is 0 Å². The Morgan fingerprint density at radius 2 is 0.973 bits per heavy atom. The Labute approximate surface area is 221 Å². The van der Waals surface area contributed by atoms with Gasteiger partial charge in [-0.3, -0.25) is 9.59 Å². The van der Waals surface area contributed by atoms with Crippen LogP contribution in [0.25, 0.3) is 0 Å². The first-order valence-electron chi connectivity index (χ1n) is 13.7. The fraction of sp³-hybridized carbons (Fsp3) is 0.533. The van der Waals surface area contributed by atoms with Crippen molar-refractivity contribution < 1.29 is 19.8 Å². The van der Waals surface area contributed by atoms with Crippen molar-refractivity contribution in [1.29, 1.82) is 0 Å². The Bertz CT molecular complexity index is 809. The average molecular weight is 512 g/mol. The molecule has 0 saturated heterocycles. The van der Waals surface area contributed by atoms with E-state index in [1.54, 1.807) is 0 Å². The van der Waals surface area contributed by atoms with Crippen molar-refractivity contribution in [2.75, 3.05) is 0 Å². The molecule has 0 radical (unpaired) electrons. The van der Waals surface area contributed by atoms with Crippen LogP contribution in [0.4, 0.5) is 0 Å². The molecule has 2 atom stereocenters. The zero-order chi connectivity index (χ0) is 26.9. The van der Waals surface area contributed by atoms with Crippen molar-refractivity contribution in [1.82, 2.24) is 5.32 Å². The summed E-state index contributed by atoms with van der Waals surface area (Å²) in [6, 6.07) is 18.8. The molecule has 7 N–H and O–H groups in total. The molecule has 0 heterocycles. The summed E-state index contributed by atoms with van der Waals surface area (Å²) >= 11 is 0. The van der Waals surface area contributed by atoms with Gasteiger partial charge in [-0.25, -0.2) is 0 Å². The SMILES string of the molecule is C1CCC(NC2CCCCC2)CC1.N[C@@H](Cc1ccccc1)C(=O)O.N[C@@H](Cc1ccccc1)C(=O)O. The van der Waals surface area contributed by atoms with Crippen LogP contribution in [0.5, 0.6) is 0 Å². The number of benzene rings is 2. The first-order valence-corrected chi connectivity index (χ1v) is 13.7. The van der Waals surface area contributed by atoms with E-state index in [0.717, 1.165) is 23.2 Å². The number of hydrogen-bond donors (Lipinski definition) is 5. The highest BCUT2D eigenvalue weighted by Gasteiger charge is 2.19. The molecule has 0 aliphatic heterocycles. The van der Waals surface area contributed by atoms with Crippen LogP contribution in [-0.4, -0.2) is 46.3 Å². The van der Waals surface area contributed by atoms with E-state index < -0.39 is 24.0 Å².